The zero-order chi connectivity index (χ0) is 24.1. The van der Waals surface area contributed by atoms with Crippen molar-refractivity contribution in [1.82, 2.24) is 14.8 Å². The Bertz CT molecular complexity index is 1270. The molecule has 1 aliphatic rings. The van der Waals surface area contributed by atoms with Crippen LogP contribution in [0.1, 0.15) is 44.9 Å². The van der Waals surface area contributed by atoms with Crippen molar-refractivity contribution in [3.8, 4) is 0 Å². The lowest BCUT2D eigenvalue weighted by Gasteiger charge is -2.32. The number of halogens is 5. The Kier molecular flexibility index (Phi) is 5.61. The number of pyridine rings is 1. The Labute approximate surface area is 190 Å². The second kappa shape index (κ2) is 8.14. The maximum absolute atomic E-state index is 13.8. The number of benzene rings is 1. The number of aromatic nitrogens is 3. The first-order valence-corrected chi connectivity index (χ1v) is 10.0. The molecule has 2 aromatic heterocycles. The zero-order valence-corrected chi connectivity index (χ0v) is 18.0. The molecule has 0 radical (unpaired) electrons. The van der Waals surface area contributed by atoms with E-state index < -0.39 is 40.4 Å². The van der Waals surface area contributed by atoms with Crippen LogP contribution in [0, 0.1) is 12.7 Å². The fraction of sp³-hybridized carbons (Fsp3) is 0.238. The Morgan fingerprint density at radius 1 is 1.24 bits per heavy atom. The molecular weight excluding hydrogens is 466 g/mol. The van der Waals surface area contributed by atoms with Gasteiger partial charge < -0.3 is 10.2 Å². The molecule has 0 fully saturated rings. The minimum Gasteiger partial charge on any atom is -0.320 e. The summed E-state index contributed by atoms with van der Waals surface area (Å²) in [5, 5.41) is 6.09. The quantitative estimate of drug-likeness (QED) is 0.541. The van der Waals surface area contributed by atoms with Crippen molar-refractivity contribution < 1.29 is 27.2 Å². The van der Waals surface area contributed by atoms with Crippen LogP contribution in [0.15, 0.2) is 36.8 Å². The fourth-order valence-electron chi connectivity index (χ4n) is 3.57. The van der Waals surface area contributed by atoms with Crippen molar-refractivity contribution in [2.75, 3.05) is 16.8 Å². The molecule has 0 spiro atoms. The maximum Gasteiger partial charge on any atom is 0.417 e. The van der Waals surface area contributed by atoms with E-state index in [0.717, 1.165) is 24.4 Å². The molecule has 2 amide bonds. The first kappa shape index (κ1) is 22.7. The smallest absolute Gasteiger partial charge is 0.320 e. The molecule has 12 heteroatoms. The highest BCUT2D eigenvalue weighted by Crippen LogP contribution is 2.38. The summed E-state index contributed by atoms with van der Waals surface area (Å²) in [6.45, 7) is 3.30. The largest absolute Gasteiger partial charge is 0.417 e. The molecule has 0 unspecified atom stereocenters. The van der Waals surface area contributed by atoms with Crippen LogP contribution in [0.3, 0.4) is 0 Å². The molecule has 1 aliphatic heterocycles. The van der Waals surface area contributed by atoms with Gasteiger partial charge in [-0.1, -0.05) is 11.6 Å². The van der Waals surface area contributed by atoms with Crippen LogP contribution in [0.4, 0.5) is 28.9 Å². The lowest BCUT2D eigenvalue weighted by Crippen LogP contribution is -2.43. The van der Waals surface area contributed by atoms with Gasteiger partial charge >= 0.3 is 6.18 Å². The first-order valence-electron chi connectivity index (χ1n) is 9.66. The van der Waals surface area contributed by atoms with Crippen LogP contribution in [0.25, 0.3) is 0 Å². The van der Waals surface area contributed by atoms with Gasteiger partial charge in [-0.25, -0.2) is 4.39 Å². The molecule has 0 bridgehead atoms. The topological polar surface area (TPSA) is 80.1 Å². The number of hydrogen-bond acceptors (Lipinski definition) is 4. The molecule has 3 heterocycles. The minimum atomic E-state index is -4.64. The number of hydrogen-bond donors (Lipinski definition) is 1. The molecular formula is C21H16ClF4N5O2. The molecule has 172 valence electrons. The second-order valence-electron chi connectivity index (χ2n) is 7.53. The summed E-state index contributed by atoms with van der Waals surface area (Å²) in [6, 6.07) is 2.61. The van der Waals surface area contributed by atoms with Crippen LogP contribution in [-0.2, 0) is 6.18 Å². The van der Waals surface area contributed by atoms with Crippen molar-refractivity contribution in [3.63, 3.8) is 0 Å². The molecule has 0 saturated heterocycles. The number of carbonyl (C=O) groups is 2. The van der Waals surface area contributed by atoms with E-state index in [1.165, 1.54) is 28.9 Å². The number of nitrogens with one attached hydrogen (secondary N) is 1. The average Bonchev–Trinajstić information content (AvgIpc) is 3.19. The van der Waals surface area contributed by atoms with Crippen molar-refractivity contribution in [2.45, 2.75) is 26.1 Å². The molecule has 0 saturated carbocycles. The van der Waals surface area contributed by atoms with E-state index in [1.807, 2.05) is 0 Å². The van der Waals surface area contributed by atoms with Crippen LogP contribution in [0.2, 0.25) is 5.02 Å². The Morgan fingerprint density at radius 2 is 1.97 bits per heavy atom. The standard InChI is InChI=1S/C21H16ClF4N5O2/c1-10-9-30(12-3-4-14(15(22)5-12)21(24,25)26)20(33)18-13(6-28-31(10)18)19(32)29-17-8-27-7-16(23)11(17)2/h3-8,10H,9H2,1-2H3,(H,29,32)/t10-/m0/s1. The highest BCUT2D eigenvalue weighted by molar-refractivity contribution is 6.32. The summed E-state index contributed by atoms with van der Waals surface area (Å²) in [7, 11) is 0. The Hall–Kier alpha value is -3.47. The number of carbonyl (C=O) groups excluding carboxylic acids is 2. The van der Waals surface area contributed by atoms with Crippen LogP contribution >= 0.6 is 11.6 Å². The Morgan fingerprint density at radius 3 is 2.64 bits per heavy atom. The van der Waals surface area contributed by atoms with Gasteiger partial charge in [-0.05, 0) is 32.0 Å². The molecule has 0 aliphatic carbocycles. The van der Waals surface area contributed by atoms with Gasteiger partial charge in [0, 0.05) is 17.8 Å². The summed E-state index contributed by atoms with van der Waals surface area (Å²) >= 11 is 5.82. The summed E-state index contributed by atoms with van der Waals surface area (Å²) in [5.41, 5.74) is -0.700. The third kappa shape index (κ3) is 4.04. The fourth-order valence-corrected chi connectivity index (χ4v) is 3.85. The van der Waals surface area contributed by atoms with Gasteiger partial charge in [0.2, 0.25) is 0 Å². The minimum absolute atomic E-state index is 0.0516. The molecule has 7 nitrogen and oxygen atoms in total. The van der Waals surface area contributed by atoms with Gasteiger partial charge in [0.1, 0.15) is 11.5 Å². The number of anilines is 2. The van der Waals surface area contributed by atoms with Gasteiger partial charge in [-0.2, -0.15) is 18.3 Å². The highest BCUT2D eigenvalue weighted by atomic mass is 35.5. The van der Waals surface area contributed by atoms with E-state index >= 15 is 0 Å². The van der Waals surface area contributed by atoms with Crippen molar-refractivity contribution in [2.24, 2.45) is 0 Å². The number of nitrogens with zero attached hydrogens (tertiary/aromatic N) is 4. The highest BCUT2D eigenvalue weighted by Gasteiger charge is 2.37. The zero-order valence-electron chi connectivity index (χ0n) is 17.2. The van der Waals surface area contributed by atoms with Gasteiger partial charge in [-0.3, -0.25) is 19.3 Å². The molecule has 3 aromatic rings. The van der Waals surface area contributed by atoms with Gasteiger partial charge in [-0.15, -0.1) is 0 Å². The van der Waals surface area contributed by atoms with E-state index in [4.69, 9.17) is 11.6 Å². The lowest BCUT2D eigenvalue weighted by atomic mass is 10.1. The molecule has 1 aromatic carbocycles. The van der Waals surface area contributed by atoms with E-state index in [0.29, 0.717) is 0 Å². The number of alkyl halides is 3. The molecule has 4 rings (SSSR count). The summed E-state index contributed by atoms with van der Waals surface area (Å²) in [4.78, 5) is 31.1. The molecule has 1 N–H and O–H groups in total. The first-order chi connectivity index (χ1) is 15.5. The maximum atomic E-state index is 13.8. The van der Waals surface area contributed by atoms with E-state index in [9.17, 15) is 27.2 Å². The second-order valence-corrected chi connectivity index (χ2v) is 7.93. The number of amides is 2. The van der Waals surface area contributed by atoms with Crippen LogP contribution in [0.5, 0.6) is 0 Å². The van der Waals surface area contributed by atoms with Gasteiger partial charge in [0.15, 0.2) is 0 Å². The molecule has 1 atom stereocenters. The predicted octanol–water partition coefficient (Wildman–Crippen LogP) is 4.87. The monoisotopic (exact) mass is 481 g/mol. The normalized spacial score (nSPS) is 16.0. The van der Waals surface area contributed by atoms with Crippen LogP contribution < -0.4 is 10.2 Å². The SMILES string of the molecule is Cc1c(F)cncc1NC(=O)c1cnn2c1C(=O)N(c1ccc(C(F)(F)F)c(Cl)c1)C[C@@H]2C. The predicted molar refractivity (Wildman–Crippen MR) is 112 cm³/mol. The molecule has 33 heavy (non-hydrogen) atoms. The van der Waals surface area contributed by atoms with Crippen molar-refractivity contribution >= 4 is 34.8 Å². The lowest BCUT2D eigenvalue weighted by molar-refractivity contribution is -0.137. The summed E-state index contributed by atoms with van der Waals surface area (Å²) < 4.78 is 54.3. The average molecular weight is 482 g/mol. The van der Waals surface area contributed by atoms with E-state index in [2.05, 4.69) is 15.4 Å². The van der Waals surface area contributed by atoms with E-state index in [-0.39, 0.29) is 34.7 Å². The summed E-state index contributed by atoms with van der Waals surface area (Å²) in [6.07, 6.45) is -1.15. The number of fused-ring (bicyclic) bond motifs is 1. The van der Waals surface area contributed by atoms with Gasteiger partial charge in [0.25, 0.3) is 11.8 Å². The number of rotatable bonds is 3. The third-order valence-corrected chi connectivity index (χ3v) is 5.64. The van der Waals surface area contributed by atoms with Crippen molar-refractivity contribution in [3.05, 3.63) is 70.0 Å². The Balaban J connectivity index is 1.68. The van der Waals surface area contributed by atoms with Crippen LogP contribution in [-0.4, -0.2) is 33.1 Å². The van der Waals surface area contributed by atoms with Gasteiger partial charge in [0.05, 0.1) is 46.5 Å². The van der Waals surface area contributed by atoms with E-state index in [1.54, 1.807) is 6.92 Å². The summed E-state index contributed by atoms with van der Waals surface area (Å²) in [5.74, 6) is -1.96. The van der Waals surface area contributed by atoms with Crippen molar-refractivity contribution in [1.29, 1.82) is 0 Å². The third-order valence-electron chi connectivity index (χ3n) is 5.32.